The van der Waals surface area contributed by atoms with E-state index in [1.54, 1.807) is 0 Å². The molecule has 0 bridgehead atoms. The van der Waals surface area contributed by atoms with Gasteiger partial charge in [0.25, 0.3) is 0 Å². The summed E-state index contributed by atoms with van der Waals surface area (Å²) in [6.45, 7) is 8.96. The van der Waals surface area contributed by atoms with Crippen LogP contribution in [0.15, 0.2) is 4.47 Å². The van der Waals surface area contributed by atoms with Crippen LogP contribution in [0.25, 0.3) is 0 Å². The Morgan fingerprint density at radius 1 is 1.43 bits per heavy atom. The number of nitrogens with one attached hydrogen (secondary N) is 1. The number of aromatic nitrogens is 2. The number of hydrogen-bond acceptors (Lipinski definition) is 4. The van der Waals surface area contributed by atoms with Crippen molar-refractivity contribution in [3.8, 4) is 0 Å². The zero-order valence-electron chi connectivity index (χ0n) is 13.6. The van der Waals surface area contributed by atoms with Crippen molar-refractivity contribution in [2.24, 2.45) is 12.9 Å². The third-order valence-corrected chi connectivity index (χ3v) is 6.19. The van der Waals surface area contributed by atoms with E-state index in [-0.39, 0.29) is 11.6 Å². The minimum atomic E-state index is 0.0723. The summed E-state index contributed by atoms with van der Waals surface area (Å²) in [4.78, 5) is 2.59. The minimum Gasteiger partial charge on any atom is -0.296 e. The first kappa shape index (κ1) is 16.9. The van der Waals surface area contributed by atoms with Gasteiger partial charge in [0, 0.05) is 25.0 Å². The van der Waals surface area contributed by atoms with Crippen LogP contribution in [0.4, 0.5) is 0 Å². The molecule has 0 spiro atoms. The van der Waals surface area contributed by atoms with Crippen LogP contribution in [0.3, 0.4) is 0 Å². The Kier molecular flexibility index (Phi) is 5.46. The number of halogens is 1. The summed E-state index contributed by atoms with van der Waals surface area (Å²) in [5.74, 6) is 5.94. The predicted octanol–water partition coefficient (Wildman–Crippen LogP) is 2.13. The average Bonchev–Trinajstić information content (AvgIpc) is 3.08. The molecule has 5 nitrogen and oxygen atoms in total. The maximum atomic E-state index is 5.94. The van der Waals surface area contributed by atoms with Gasteiger partial charge in [-0.15, -0.1) is 0 Å². The van der Waals surface area contributed by atoms with E-state index in [1.807, 2.05) is 18.7 Å². The Labute approximate surface area is 136 Å². The third kappa shape index (κ3) is 3.18. The largest absolute Gasteiger partial charge is 0.296 e. The Hall–Kier alpha value is -0.430. The molecule has 2 rings (SSSR count). The summed E-state index contributed by atoms with van der Waals surface area (Å²) in [6, 6.07) is 0.201. The van der Waals surface area contributed by atoms with Crippen molar-refractivity contribution in [3.63, 3.8) is 0 Å². The highest BCUT2D eigenvalue weighted by Crippen LogP contribution is 2.31. The third-order valence-electron chi connectivity index (χ3n) is 5.16. The fraction of sp³-hybridized carbons (Fsp3) is 0.800. The van der Waals surface area contributed by atoms with Crippen molar-refractivity contribution in [2.75, 3.05) is 13.1 Å². The first-order chi connectivity index (χ1) is 9.93. The molecular formula is C15H28BrN5. The van der Waals surface area contributed by atoms with E-state index in [4.69, 9.17) is 5.84 Å². The fourth-order valence-corrected chi connectivity index (χ4v) is 3.97. The topological polar surface area (TPSA) is 59.1 Å². The quantitative estimate of drug-likeness (QED) is 0.604. The summed E-state index contributed by atoms with van der Waals surface area (Å²) in [6.07, 6.45) is 4.54. The zero-order chi connectivity index (χ0) is 15.6. The number of hydrazine groups is 1. The number of likely N-dealkylation sites (tertiary alicyclic amines) is 1. The van der Waals surface area contributed by atoms with Gasteiger partial charge in [0.05, 0.1) is 15.9 Å². The molecule has 0 radical (unpaired) electrons. The first-order valence-electron chi connectivity index (χ1n) is 7.83. The molecule has 2 unspecified atom stereocenters. The van der Waals surface area contributed by atoms with Gasteiger partial charge in [0.1, 0.15) is 0 Å². The molecule has 2 atom stereocenters. The van der Waals surface area contributed by atoms with Crippen LogP contribution in [0.1, 0.15) is 44.5 Å². The van der Waals surface area contributed by atoms with E-state index in [0.717, 1.165) is 23.0 Å². The molecule has 1 aromatic rings. The van der Waals surface area contributed by atoms with Crippen molar-refractivity contribution in [3.05, 3.63) is 15.9 Å². The second-order valence-corrected chi connectivity index (χ2v) is 7.09. The van der Waals surface area contributed by atoms with Gasteiger partial charge in [-0.05, 0) is 62.1 Å². The van der Waals surface area contributed by atoms with Crippen LogP contribution < -0.4 is 11.3 Å². The van der Waals surface area contributed by atoms with Gasteiger partial charge >= 0.3 is 0 Å². The maximum absolute atomic E-state index is 5.94. The number of hydrogen-bond donors (Lipinski definition) is 2. The van der Waals surface area contributed by atoms with Gasteiger partial charge in [-0.25, -0.2) is 0 Å². The van der Waals surface area contributed by atoms with E-state index in [0.29, 0.717) is 0 Å². The van der Waals surface area contributed by atoms with Gasteiger partial charge in [-0.2, -0.15) is 5.10 Å². The van der Waals surface area contributed by atoms with Gasteiger partial charge in [-0.1, -0.05) is 6.92 Å². The van der Waals surface area contributed by atoms with Crippen LogP contribution >= 0.6 is 15.9 Å². The van der Waals surface area contributed by atoms with Crippen LogP contribution in [0.5, 0.6) is 0 Å². The van der Waals surface area contributed by atoms with Gasteiger partial charge < -0.3 is 0 Å². The summed E-state index contributed by atoms with van der Waals surface area (Å²) in [5.41, 5.74) is 5.38. The molecule has 2 heterocycles. The van der Waals surface area contributed by atoms with Crippen LogP contribution in [0, 0.1) is 6.92 Å². The number of nitrogens with two attached hydrogens (primary N) is 1. The smallest absolute Gasteiger partial charge is 0.0738 e. The van der Waals surface area contributed by atoms with Crippen molar-refractivity contribution in [1.82, 2.24) is 20.1 Å². The molecule has 1 aromatic heterocycles. The van der Waals surface area contributed by atoms with Crippen molar-refractivity contribution >= 4 is 15.9 Å². The lowest BCUT2D eigenvalue weighted by molar-refractivity contribution is 0.0832. The summed E-state index contributed by atoms with van der Waals surface area (Å²) in [5, 5.41) is 4.49. The molecule has 3 N–H and O–H groups in total. The van der Waals surface area contributed by atoms with E-state index < -0.39 is 0 Å². The molecule has 1 aliphatic rings. The first-order valence-corrected chi connectivity index (χ1v) is 8.62. The van der Waals surface area contributed by atoms with E-state index in [9.17, 15) is 0 Å². The Morgan fingerprint density at radius 2 is 2.05 bits per heavy atom. The second kappa shape index (κ2) is 6.77. The van der Waals surface area contributed by atoms with Crippen molar-refractivity contribution in [2.45, 2.75) is 58.0 Å². The zero-order valence-corrected chi connectivity index (χ0v) is 15.2. The molecule has 1 saturated heterocycles. The molecule has 21 heavy (non-hydrogen) atoms. The van der Waals surface area contributed by atoms with Crippen LogP contribution in [0.2, 0.25) is 0 Å². The lowest BCUT2D eigenvalue weighted by Gasteiger charge is -2.44. The molecule has 1 fully saturated rings. The van der Waals surface area contributed by atoms with Crippen molar-refractivity contribution < 1.29 is 0 Å². The fourth-order valence-electron chi connectivity index (χ4n) is 3.47. The second-order valence-electron chi connectivity index (χ2n) is 6.30. The Morgan fingerprint density at radius 3 is 2.48 bits per heavy atom. The highest BCUT2D eigenvalue weighted by atomic mass is 79.9. The van der Waals surface area contributed by atoms with Crippen LogP contribution in [-0.4, -0.2) is 39.4 Å². The molecular weight excluding hydrogens is 330 g/mol. The molecule has 120 valence electrons. The molecule has 0 aromatic carbocycles. The Balaban J connectivity index is 2.25. The summed E-state index contributed by atoms with van der Waals surface area (Å²) in [7, 11) is 2.00. The van der Waals surface area contributed by atoms with Gasteiger partial charge in [0.15, 0.2) is 0 Å². The Bertz CT molecular complexity index is 481. The highest BCUT2D eigenvalue weighted by molar-refractivity contribution is 9.10. The average molecular weight is 358 g/mol. The van der Waals surface area contributed by atoms with Crippen molar-refractivity contribution in [1.29, 1.82) is 0 Å². The number of rotatable bonds is 6. The molecule has 0 saturated carbocycles. The molecule has 0 aliphatic carbocycles. The minimum absolute atomic E-state index is 0.0723. The van der Waals surface area contributed by atoms with E-state index in [1.165, 1.54) is 31.6 Å². The van der Waals surface area contributed by atoms with Gasteiger partial charge in [-0.3, -0.25) is 20.9 Å². The maximum Gasteiger partial charge on any atom is 0.0738 e. The number of nitrogens with zero attached hydrogens (tertiary/aromatic N) is 3. The van der Waals surface area contributed by atoms with Crippen LogP contribution in [-0.2, 0) is 13.5 Å². The van der Waals surface area contributed by atoms with E-state index in [2.05, 4.69) is 45.2 Å². The van der Waals surface area contributed by atoms with Gasteiger partial charge in [0.2, 0.25) is 0 Å². The molecule has 6 heteroatoms. The monoisotopic (exact) mass is 357 g/mol. The standard InChI is InChI=1S/C15H28BrN5/c1-5-15(3,21-8-6-7-9-21)13(18-17)10-12-14(16)11(2)19-20(12)4/h13,18H,5-10,17H2,1-4H3. The highest BCUT2D eigenvalue weighted by Gasteiger charge is 2.39. The summed E-state index contributed by atoms with van der Waals surface area (Å²) >= 11 is 3.67. The molecule has 1 aliphatic heterocycles. The lowest BCUT2D eigenvalue weighted by atomic mass is 9.85. The number of aryl methyl sites for hydroxylation is 2. The predicted molar refractivity (Wildman–Crippen MR) is 90.0 cm³/mol. The summed E-state index contributed by atoms with van der Waals surface area (Å²) < 4.78 is 3.06. The lowest BCUT2D eigenvalue weighted by Crippen LogP contribution is -2.61. The normalized spacial score (nSPS) is 20.7. The SMILES string of the molecule is CCC(C)(C(Cc1c(Br)c(C)nn1C)NN)N1CCCC1. The van der Waals surface area contributed by atoms with E-state index >= 15 is 0 Å². The molecule has 0 amide bonds.